The van der Waals surface area contributed by atoms with Gasteiger partial charge in [0.15, 0.2) is 5.69 Å². The van der Waals surface area contributed by atoms with Crippen LogP contribution in [0, 0.1) is 12.7 Å². The summed E-state index contributed by atoms with van der Waals surface area (Å²) in [5.74, 6) is -2.51. The highest BCUT2D eigenvalue weighted by Gasteiger charge is 2.31. The number of ether oxygens (including phenoxy) is 1. The van der Waals surface area contributed by atoms with Crippen LogP contribution in [0.2, 0.25) is 0 Å². The summed E-state index contributed by atoms with van der Waals surface area (Å²) in [4.78, 5) is 42.1. The van der Waals surface area contributed by atoms with Crippen LogP contribution < -0.4 is 15.5 Å². The molecule has 1 aromatic heterocycles. The summed E-state index contributed by atoms with van der Waals surface area (Å²) < 4.78 is 60.3. The molecule has 0 spiro atoms. The number of carbonyl (C=O) groups excluding carboxylic acids is 3. The van der Waals surface area contributed by atoms with Crippen LogP contribution in [0.25, 0.3) is 10.9 Å². The number of fused-ring (bicyclic) bond motifs is 1. The second kappa shape index (κ2) is 13.7. The van der Waals surface area contributed by atoms with Crippen LogP contribution in [0.4, 0.5) is 34.6 Å². The van der Waals surface area contributed by atoms with Gasteiger partial charge in [0.05, 0.1) is 23.3 Å². The first kappa shape index (κ1) is 34.4. The number of aryl methyl sites for hydroxylation is 1. The van der Waals surface area contributed by atoms with Crippen molar-refractivity contribution in [3.63, 3.8) is 0 Å². The number of benzene rings is 3. The molecule has 0 unspecified atom stereocenters. The molecule has 5 rings (SSSR count). The van der Waals surface area contributed by atoms with Crippen LogP contribution in [0.15, 0.2) is 54.6 Å². The summed E-state index contributed by atoms with van der Waals surface area (Å²) in [5.41, 5.74) is 1.33. The lowest BCUT2D eigenvalue weighted by Crippen LogP contribution is -2.31. The monoisotopic (exact) mass is 667 g/mol. The summed E-state index contributed by atoms with van der Waals surface area (Å²) >= 11 is 0. The average Bonchev–Trinajstić information content (AvgIpc) is 3.35. The molecule has 1 aliphatic heterocycles. The fraction of sp³-hybridized carbons (Fsp3) is 0.371. The molecule has 0 aliphatic carbocycles. The molecule has 0 saturated carbocycles. The number of halogens is 4. The molecule has 4 aromatic rings. The summed E-state index contributed by atoms with van der Waals surface area (Å²) in [6, 6.07) is 13.1. The van der Waals surface area contributed by atoms with E-state index in [1.807, 2.05) is 0 Å². The number of anilines is 3. The second-order valence-corrected chi connectivity index (χ2v) is 12.8. The van der Waals surface area contributed by atoms with Crippen molar-refractivity contribution in [2.75, 3.05) is 28.6 Å². The first-order valence-electron chi connectivity index (χ1n) is 15.6. The fourth-order valence-corrected chi connectivity index (χ4v) is 5.75. The standard InChI is InChI=1S/C35H37F4N5O4/c1-21-16-29(43-14-8-5-9-15-43)27(41-33(47)31-24-10-6-7-11-28(24)44(42-31)20-35(37,38)39)19-25(21)32(46)40-26-13-12-23(36)17-22(26)18-30(45)48-34(2,3)4/h6-7,10-13,16-17,19H,5,8-9,14-15,18,20H2,1-4H3,(H,40,46)(H,41,47). The maximum absolute atomic E-state index is 14.2. The van der Waals surface area contributed by atoms with E-state index >= 15 is 0 Å². The number of para-hydroxylation sites is 1. The maximum atomic E-state index is 14.2. The molecule has 2 heterocycles. The molecular weight excluding hydrogens is 630 g/mol. The van der Waals surface area contributed by atoms with Gasteiger partial charge in [-0.15, -0.1) is 0 Å². The molecule has 13 heteroatoms. The van der Waals surface area contributed by atoms with Crippen molar-refractivity contribution >= 4 is 45.7 Å². The number of amides is 2. The van der Waals surface area contributed by atoms with E-state index < -0.39 is 41.9 Å². The maximum Gasteiger partial charge on any atom is 0.408 e. The van der Waals surface area contributed by atoms with Crippen LogP contribution in [-0.4, -0.2) is 52.4 Å². The van der Waals surface area contributed by atoms with Gasteiger partial charge in [-0.3, -0.25) is 19.1 Å². The number of nitrogens with one attached hydrogen (secondary N) is 2. The Bertz CT molecular complexity index is 1860. The highest BCUT2D eigenvalue weighted by molar-refractivity contribution is 6.13. The zero-order valence-electron chi connectivity index (χ0n) is 27.1. The number of carbonyl (C=O) groups is 3. The van der Waals surface area contributed by atoms with Crippen molar-refractivity contribution in [2.45, 2.75) is 71.7 Å². The molecule has 1 aliphatic rings. The van der Waals surface area contributed by atoms with Crippen LogP contribution in [-0.2, 0) is 22.5 Å². The van der Waals surface area contributed by atoms with E-state index in [9.17, 15) is 31.9 Å². The zero-order chi connectivity index (χ0) is 34.8. The Balaban J connectivity index is 1.49. The van der Waals surface area contributed by atoms with Gasteiger partial charge in [-0.05, 0) is 94.5 Å². The first-order chi connectivity index (χ1) is 22.6. The van der Waals surface area contributed by atoms with E-state index in [1.54, 1.807) is 45.9 Å². The van der Waals surface area contributed by atoms with Crippen LogP contribution in [0.5, 0.6) is 0 Å². The number of nitrogens with zero attached hydrogens (tertiary/aromatic N) is 3. The lowest BCUT2D eigenvalue weighted by Gasteiger charge is -2.31. The molecular formula is C35H37F4N5O4. The largest absolute Gasteiger partial charge is 0.460 e. The second-order valence-electron chi connectivity index (χ2n) is 12.8. The average molecular weight is 668 g/mol. The highest BCUT2D eigenvalue weighted by atomic mass is 19.4. The van der Waals surface area contributed by atoms with Crippen molar-refractivity contribution in [1.29, 1.82) is 0 Å². The van der Waals surface area contributed by atoms with Gasteiger partial charge in [-0.2, -0.15) is 18.3 Å². The first-order valence-corrected chi connectivity index (χ1v) is 15.6. The van der Waals surface area contributed by atoms with E-state index in [-0.39, 0.29) is 45.5 Å². The Morgan fingerprint density at radius 1 is 0.896 bits per heavy atom. The topological polar surface area (TPSA) is 106 Å². The van der Waals surface area contributed by atoms with Crippen LogP contribution in [0.3, 0.4) is 0 Å². The Morgan fingerprint density at radius 3 is 2.27 bits per heavy atom. The Labute approximate surface area is 275 Å². The van der Waals surface area contributed by atoms with Crippen LogP contribution >= 0.6 is 0 Å². The molecule has 2 amide bonds. The zero-order valence-corrected chi connectivity index (χ0v) is 27.1. The van der Waals surface area contributed by atoms with E-state index in [0.717, 1.165) is 36.1 Å². The molecule has 0 bridgehead atoms. The molecule has 3 aromatic carbocycles. The van der Waals surface area contributed by atoms with Crippen LogP contribution in [0.1, 0.15) is 72.0 Å². The number of alkyl halides is 3. The molecule has 1 fully saturated rings. The number of hydrogen-bond acceptors (Lipinski definition) is 6. The molecule has 9 nitrogen and oxygen atoms in total. The summed E-state index contributed by atoms with van der Waals surface area (Å²) in [7, 11) is 0. The normalized spacial score (nSPS) is 13.8. The summed E-state index contributed by atoms with van der Waals surface area (Å²) in [6.07, 6.45) is -1.95. The minimum Gasteiger partial charge on any atom is -0.460 e. The lowest BCUT2D eigenvalue weighted by molar-refractivity contribution is -0.154. The molecule has 1 saturated heterocycles. The predicted molar refractivity (Wildman–Crippen MR) is 175 cm³/mol. The SMILES string of the molecule is Cc1cc(N2CCCCC2)c(NC(=O)c2nn(CC(F)(F)F)c3ccccc23)cc1C(=O)Nc1ccc(F)cc1CC(=O)OC(C)(C)C. The van der Waals surface area contributed by atoms with Gasteiger partial charge in [0.25, 0.3) is 11.8 Å². The number of piperidine rings is 1. The fourth-order valence-electron chi connectivity index (χ4n) is 5.75. The van der Waals surface area contributed by atoms with Gasteiger partial charge in [-0.25, -0.2) is 4.39 Å². The molecule has 254 valence electrons. The summed E-state index contributed by atoms with van der Waals surface area (Å²) in [5, 5.41) is 9.86. The molecule has 2 N–H and O–H groups in total. The van der Waals surface area contributed by atoms with E-state index in [0.29, 0.717) is 24.3 Å². The minimum atomic E-state index is -4.56. The lowest BCUT2D eigenvalue weighted by atomic mass is 10.0. The van der Waals surface area contributed by atoms with Crippen molar-refractivity contribution in [3.8, 4) is 0 Å². The Morgan fingerprint density at radius 2 is 1.58 bits per heavy atom. The predicted octanol–water partition coefficient (Wildman–Crippen LogP) is 7.43. The van der Waals surface area contributed by atoms with Gasteiger partial charge in [0, 0.05) is 29.7 Å². The number of aromatic nitrogens is 2. The quantitative estimate of drug-likeness (QED) is 0.150. The van der Waals surface area contributed by atoms with Gasteiger partial charge in [0.1, 0.15) is 18.0 Å². The molecule has 0 atom stereocenters. The Hall–Kier alpha value is -4.94. The van der Waals surface area contributed by atoms with E-state index in [4.69, 9.17) is 4.74 Å². The van der Waals surface area contributed by atoms with Gasteiger partial charge in [0.2, 0.25) is 0 Å². The number of hydrogen-bond donors (Lipinski definition) is 2. The Kier molecular flexibility index (Phi) is 9.79. The van der Waals surface area contributed by atoms with Gasteiger partial charge >= 0.3 is 12.1 Å². The van der Waals surface area contributed by atoms with Crippen molar-refractivity contribution in [1.82, 2.24) is 9.78 Å². The van der Waals surface area contributed by atoms with Crippen molar-refractivity contribution in [2.24, 2.45) is 0 Å². The summed E-state index contributed by atoms with van der Waals surface area (Å²) in [6.45, 7) is 6.93. The van der Waals surface area contributed by atoms with Crippen molar-refractivity contribution in [3.05, 3.63) is 82.8 Å². The number of rotatable bonds is 8. The molecule has 0 radical (unpaired) electrons. The number of esters is 1. The van der Waals surface area contributed by atoms with Crippen molar-refractivity contribution < 1.29 is 36.7 Å². The van der Waals surface area contributed by atoms with E-state index in [2.05, 4.69) is 20.6 Å². The van der Waals surface area contributed by atoms with E-state index in [1.165, 1.54) is 24.3 Å². The van der Waals surface area contributed by atoms with Gasteiger partial charge in [-0.1, -0.05) is 18.2 Å². The van der Waals surface area contributed by atoms with Gasteiger partial charge < -0.3 is 20.3 Å². The minimum absolute atomic E-state index is 0.154. The third-order valence-electron chi connectivity index (χ3n) is 7.80. The highest BCUT2D eigenvalue weighted by Crippen LogP contribution is 2.34. The smallest absolute Gasteiger partial charge is 0.408 e. The molecule has 48 heavy (non-hydrogen) atoms. The third-order valence-corrected chi connectivity index (χ3v) is 7.80. The third kappa shape index (κ3) is 8.31.